The topological polar surface area (TPSA) is 71.1 Å². The lowest BCUT2D eigenvalue weighted by Gasteiger charge is -2.31. The number of hydrogen-bond donors (Lipinski definition) is 1. The molecule has 7 heteroatoms. The minimum atomic E-state index is -0.578. The number of amides is 3. The third-order valence-corrected chi connectivity index (χ3v) is 5.59. The summed E-state index contributed by atoms with van der Waals surface area (Å²) in [6, 6.07) is 4.72. The zero-order valence-corrected chi connectivity index (χ0v) is 16.7. The van der Waals surface area contributed by atoms with Crippen molar-refractivity contribution in [2.75, 3.05) is 27.8 Å². The molecule has 0 unspecified atom stereocenters. The van der Waals surface area contributed by atoms with Crippen LogP contribution in [-0.2, 0) is 4.79 Å². The van der Waals surface area contributed by atoms with Gasteiger partial charge in [0.1, 0.15) is 0 Å². The van der Waals surface area contributed by atoms with Crippen LogP contribution in [0.3, 0.4) is 0 Å². The Hall–Kier alpha value is -2.70. The number of ether oxygens (including phenoxy) is 2. The van der Waals surface area contributed by atoms with Gasteiger partial charge in [-0.2, -0.15) is 0 Å². The predicted octanol–water partition coefficient (Wildman–Crippen LogP) is 2.54. The van der Waals surface area contributed by atoms with Crippen LogP contribution in [0.2, 0.25) is 0 Å². The third kappa shape index (κ3) is 3.01. The van der Waals surface area contributed by atoms with Gasteiger partial charge < -0.3 is 19.7 Å². The molecule has 7 nitrogen and oxygen atoms in total. The first kappa shape index (κ1) is 19.1. The average molecular weight is 373 g/mol. The Labute approximate surface area is 159 Å². The van der Waals surface area contributed by atoms with Crippen LogP contribution in [0.15, 0.2) is 29.5 Å². The first-order chi connectivity index (χ1) is 12.8. The maximum absolute atomic E-state index is 13.3. The van der Waals surface area contributed by atoms with E-state index in [1.165, 1.54) is 4.90 Å². The Morgan fingerprint density at radius 1 is 1.15 bits per heavy atom. The fraction of sp³-hybridized carbons (Fsp3) is 0.500. The molecule has 1 aromatic carbocycles. The largest absolute Gasteiger partial charge is 0.493 e. The Kier molecular flexibility index (Phi) is 5.04. The molecule has 146 valence electrons. The van der Waals surface area contributed by atoms with Crippen LogP contribution in [0.1, 0.15) is 32.4 Å². The zero-order chi connectivity index (χ0) is 19.9. The van der Waals surface area contributed by atoms with Crippen molar-refractivity contribution < 1.29 is 19.1 Å². The second-order valence-electron chi connectivity index (χ2n) is 7.30. The second-order valence-corrected chi connectivity index (χ2v) is 7.30. The summed E-state index contributed by atoms with van der Waals surface area (Å²) in [5.41, 5.74) is 2.04. The van der Waals surface area contributed by atoms with E-state index < -0.39 is 6.04 Å². The standard InChI is InChI=1S/C20H27N3O4/c1-11(2)12(3)23-10-14-16(19(23)24)17(21-20(25)22(14)4)13-8-7-9-15(26-5)18(13)27-6/h7-9,11-12,17H,10H2,1-6H3,(H,21,25)/t12-,17+/m1/s1. The third-order valence-electron chi connectivity index (χ3n) is 5.59. The molecular weight excluding hydrogens is 346 g/mol. The predicted molar refractivity (Wildman–Crippen MR) is 102 cm³/mol. The van der Waals surface area contributed by atoms with E-state index in [0.29, 0.717) is 35.1 Å². The highest BCUT2D eigenvalue weighted by molar-refractivity contribution is 6.01. The molecule has 2 aliphatic rings. The van der Waals surface area contributed by atoms with Crippen LogP contribution in [0.5, 0.6) is 11.5 Å². The van der Waals surface area contributed by atoms with Crippen LogP contribution in [0.4, 0.5) is 4.79 Å². The van der Waals surface area contributed by atoms with Crippen molar-refractivity contribution in [3.63, 3.8) is 0 Å². The number of methoxy groups -OCH3 is 2. The summed E-state index contributed by atoms with van der Waals surface area (Å²) in [6.07, 6.45) is 0. The van der Waals surface area contributed by atoms with E-state index in [0.717, 1.165) is 5.70 Å². The number of carbonyl (C=O) groups is 2. The maximum Gasteiger partial charge on any atom is 0.322 e. The van der Waals surface area contributed by atoms with Gasteiger partial charge in [-0.25, -0.2) is 4.79 Å². The SMILES string of the molecule is COc1cccc([C@@H]2NC(=O)N(C)C3=C2C(=O)N([C@H](C)C(C)C)C3)c1OC. The monoisotopic (exact) mass is 373 g/mol. The zero-order valence-electron chi connectivity index (χ0n) is 16.7. The van der Waals surface area contributed by atoms with Crippen molar-refractivity contribution in [2.45, 2.75) is 32.9 Å². The fourth-order valence-corrected chi connectivity index (χ4v) is 3.65. The summed E-state index contributed by atoms with van der Waals surface area (Å²) >= 11 is 0. The Balaban J connectivity index is 2.10. The van der Waals surface area contributed by atoms with Gasteiger partial charge in [-0.15, -0.1) is 0 Å². The summed E-state index contributed by atoms with van der Waals surface area (Å²) in [5, 5.41) is 2.95. The lowest BCUT2D eigenvalue weighted by atomic mass is 9.94. The Morgan fingerprint density at radius 2 is 1.85 bits per heavy atom. The summed E-state index contributed by atoms with van der Waals surface area (Å²) in [4.78, 5) is 29.2. The maximum atomic E-state index is 13.3. The molecule has 0 saturated heterocycles. The first-order valence-electron chi connectivity index (χ1n) is 9.10. The van der Waals surface area contributed by atoms with Gasteiger partial charge in [0.25, 0.3) is 5.91 Å². The summed E-state index contributed by atoms with van der Waals surface area (Å²) < 4.78 is 10.9. The number of rotatable bonds is 5. The molecule has 1 N–H and O–H groups in total. The van der Waals surface area contributed by atoms with E-state index in [2.05, 4.69) is 19.2 Å². The van der Waals surface area contributed by atoms with E-state index in [1.807, 2.05) is 24.0 Å². The van der Waals surface area contributed by atoms with Gasteiger partial charge in [0.15, 0.2) is 11.5 Å². The number of hydrogen-bond acceptors (Lipinski definition) is 4. The molecule has 2 atom stereocenters. The van der Waals surface area contributed by atoms with Crippen LogP contribution in [-0.4, -0.2) is 55.6 Å². The molecule has 0 aliphatic carbocycles. The minimum Gasteiger partial charge on any atom is -0.493 e. The molecule has 0 spiro atoms. The van der Waals surface area contributed by atoms with E-state index >= 15 is 0 Å². The molecule has 0 bridgehead atoms. The van der Waals surface area contributed by atoms with Crippen molar-refractivity contribution in [2.24, 2.45) is 5.92 Å². The molecule has 1 aromatic rings. The quantitative estimate of drug-likeness (QED) is 0.861. The van der Waals surface area contributed by atoms with Crippen molar-refractivity contribution in [3.05, 3.63) is 35.0 Å². The van der Waals surface area contributed by atoms with E-state index in [4.69, 9.17) is 9.47 Å². The van der Waals surface area contributed by atoms with Crippen LogP contribution in [0.25, 0.3) is 0 Å². The number of likely N-dealkylation sites (N-methyl/N-ethyl adjacent to an activating group) is 1. The van der Waals surface area contributed by atoms with Gasteiger partial charge in [0.2, 0.25) is 0 Å². The average Bonchev–Trinajstić information content (AvgIpc) is 3.00. The van der Waals surface area contributed by atoms with Crippen molar-refractivity contribution >= 4 is 11.9 Å². The van der Waals surface area contributed by atoms with Gasteiger partial charge in [0.05, 0.1) is 38.1 Å². The number of urea groups is 1. The molecule has 2 aliphatic heterocycles. The normalized spacial score (nSPS) is 20.8. The lowest BCUT2D eigenvalue weighted by Crippen LogP contribution is -2.45. The number of nitrogens with one attached hydrogen (secondary N) is 1. The van der Waals surface area contributed by atoms with E-state index in [9.17, 15) is 9.59 Å². The summed E-state index contributed by atoms with van der Waals surface area (Å²) in [6.45, 7) is 6.65. The molecule has 2 heterocycles. The highest BCUT2D eigenvalue weighted by Gasteiger charge is 2.45. The molecule has 3 amide bonds. The van der Waals surface area contributed by atoms with Gasteiger partial charge in [-0.3, -0.25) is 9.69 Å². The lowest BCUT2D eigenvalue weighted by molar-refractivity contribution is -0.128. The van der Waals surface area contributed by atoms with Crippen LogP contribution >= 0.6 is 0 Å². The number of benzene rings is 1. The molecule has 0 aromatic heterocycles. The molecular formula is C20H27N3O4. The fourth-order valence-electron chi connectivity index (χ4n) is 3.65. The first-order valence-corrected chi connectivity index (χ1v) is 9.10. The number of carbonyl (C=O) groups excluding carboxylic acids is 2. The number of nitrogens with zero attached hydrogens (tertiary/aromatic N) is 2. The van der Waals surface area contributed by atoms with Gasteiger partial charge in [-0.1, -0.05) is 26.0 Å². The van der Waals surface area contributed by atoms with Gasteiger partial charge in [0, 0.05) is 18.7 Å². The number of para-hydroxylation sites is 1. The molecule has 0 fully saturated rings. The molecule has 27 heavy (non-hydrogen) atoms. The second kappa shape index (κ2) is 7.13. The molecule has 3 rings (SSSR count). The van der Waals surface area contributed by atoms with Crippen LogP contribution in [0, 0.1) is 5.92 Å². The molecule has 0 saturated carbocycles. The minimum absolute atomic E-state index is 0.0482. The van der Waals surface area contributed by atoms with Gasteiger partial charge >= 0.3 is 6.03 Å². The highest BCUT2D eigenvalue weighted by atomic mass is 16.5. The Bertz CT molecular complexity index is 802. The highest BCUT2D eigenvalue weighted by Crippen LogP contribution is 2.42. The van der Waals surface area contributed by atoms with Crippen molar-refractivity contribution in [3.8, 4) is 11.5 Å². The Morgan fingerprint density at radius 3 is 2.44 bits per heavy atom. The summed E-state index contributed by atoms with van der Waals surface area (Å²) in [7, 11) is 4.81. The van der Waals surface area contributed by atoms with Crippen molar-refractivity contribution in [1.82, 2.24) is 15.1 Å². The van der Waals surface area contributed by atoms with Gasteiger partial charge in [-0.05, 0) is 18.9 Å². The summed E-state index contributed by atoms with van der Waals surface area (Å²) in [5.74, 6) is 1.34. The van der Waals surface area contributed by atoms with Crippen LogP contribution < -0.4 is 14.8 Å². The smallest absolute Gasteiger partial charge is 0.322 e. The van der Waals surface area contributed by atoms with E-state index in [-0.39, 0.29) is 18.0 Å². The van der Waals surface area contributed by atoms with E-state index in [1.54, 1.807) is 27.3 Å². The molecule has 0 radical (unpaired) electrons. The van der Waals surface area contributed by atoms with Crippen molar-refractivity contribution in [1.29, 1.82) is 0 Å².